The number of hydrogen-bond donors (Lipinski definition) is 0. The Kier molecular flexibility index (Phi) is 20.2. The fourth-order valence-corrected chi connectivity index (χ4v) is 5.62. The molecule has 4 nitrogen and oxygen atoms in total. The number of hydrogen-bond acceptors (Lipinski definition) is 2. The summed E-state index contributed by atoms with van der Waals surface area (Å²) >= 11 is 0. The Morgan fingerprint density at radius 3 is 1.00 bits per heavy atom. The zero-order valence-electron chi connectivity index (χ0n) is 27.4. The Balaban J connectivity index is 0.00000506. The van der Waals surface area contributed by atoms with Crippen LogP contribution in [-0.2, 0) is 13.1 Å². The zero-order chi connectivity index (χ0) is 30.0. The Morgan fingerprint density at radius 2 is 0.696 bits per heavy atom. The lowest BCUT2D eigenvalue weighted by atomic mass is 10.0. The molecule has 0 aromatic heterocycles. The van der Waals surface area contributed by atoms with Crippen molar-refractivity contribution < 1.29 is 18.6 Å². The standard InChI is InChI=1S/C38H46N2O2.4BrH/c1-39(2,29-31-19-23-35(24-20-31)37(41)33-15-9-7-10-16-33)27-13-5-6-14-28-40(3,4)30-32-21-25-36(26-22-32)38(42)34-17-11-8-12-18-34;;;;/h7-12,15-26H,5-6,13-14,27-30H2,1-4H3;4*1H/q+2;;;;. The van der Waals surface area contributed by atoms with Crippen molar-refractivity contribution in [3.05, 3.63) is 143 Å². The molecule has 0 N–H and O–H groups in total. The fourth-order valence-electron chi connectivity index (χ4n) is 5.62. The molecule has 0 radical (unpaired) electrons. The Labute approximate surface area is 318 Å². The summed E-state index contributed by atoms with van der Waals surface area (Å²) in [5.41, 5.74) is 5.48. The van der Waals surface area contributed by atoms with Gasteiger partial charge in [-0.1, -0.05) is 109 Å². The summed E-state index contributed by atoms with van der Waals surface area (Å²) in [7, 11) is 9.17. The summed E-state index contributed by atoms with van der Waals surface area (Å²) in [6.07, 6.45) is 4.90. The molecule has 250 valence electrons. The van der Waals surface area contributed by atoms with Gasteiger partial charge in [0, 0.05) is 33.4 Å². The van der Waals surface area contributed by atoms with Crippen molar-refractivity contribution in [2.75, 3.05) is 41.3 Å². The monoisotopic (exact) mass is 882 g/mol. The van der Waals surface area contributed by atoms with Gasteiger partial charge in [-0.3, -0.25) is 9.59 Å². The number of quaternary nitrogens is 2. The number of nitrogens with zero attached hydrogens (tertiary/aromatic N) is 2. The van der Waals surface area contributed by atoms with E-state index in [9.17, 15) is 9.59 Å². The minimum absolute atomic E-state index is 0. The number of carbonyl (C=O) groups excluding carboxylic acids is 2. The number of halogens is 4. The average molecular weight is 886 g/mol. The van der Waals surface area contributed by atoms with E-state index in [4.69, 9.17) is 0 Å². The maximum absolute atomic E-state index is 12.7. The van der Waals surface area contributed by atoms with Crippen molar-refractivity contribution in [1.29, 1.82) is 0 Å². The first-order valence-electron chi connectivity index (χ1n) is 15.1. The second-order valence-electron chi connectivity index (χ2n) is 12.8. The molecule has 0 aliphatic rings. The van der Waals surface area contributed by atoms with E-state index in [0.29, 0.717) is 0 Å². The summed E-state index contributed by atoms with van der Waals surface area (Å²) < 4.78 is 1.88. The highest BCUT2D eigenvalue weighted by Crippen LogP contribution is 2.18. The van der Waals surface area contributed by atoms with Crippen LogP contribution < -0.4 is 0 Å². The van der Waals surface area contributed by atoms with E-state index in [0.717, 1.165) is 57.4 Å². The van der Waals surface area contributed by atoms with Gasteiger partial charge in [-0.25, -0.2) is 0 Å². The van der Waals surface area contributed by atoms with Gasteiger partial charge in [0.1, 0.15) is 13.1 Å². The molecule has 0 saturated heterocycles. The van der Waals surface area contributed by atoms with Gasteiger partial charge in [-0.15, -0.1) is 67.9 Å². The molecule has 0 fully saturated rings. The minimum atomic E-state index is 0. The largest absolute Gasteiger partial charge is 0.325 e. The van der Waals surface area contributed by atoms with Gasteiger partial charge in [0.05, 0.1) is 41.3 Å². The molecule has 0 heterocycles. The van der Waals surface area contributed by atoms with E-state index in [1.54, 1.807) is 0 Å². The SMILES string of the molecule is Br.Br.Br.Br.C[N+](C)(CCCCCC[N+](C)(C)Cc1ccc(C(=O)c2ccccc2)cc1)Cc1ccc(C(=O)c2ccccc2)cc1. The lowest BCUT2D eigenvalue weighted by molar-refractivity contribution is -0.904. The predicted octanol–water partition coefficient (Wildman–Crippen LogP) is 9.87. The van der Waals surface area contributed by atoms with Crippen molar-refractivity contribution in [3.63, 3.8) is 0 Å². The van der Waals surface area contributed by atoms with E-state index < -0.39 is 0 Å². The third kappa shape index (κ3) is 14.0. The van der Waals surface area contributed by atoms with Crippen LogP contribution in [0.2, 0.25) is 0 Å². The summed E-state index contributed by atoms with van der Waals surface area (Å²) in [6.45, 7) is 4.19. The molecule has 4 aromatic carbocycles. The zero-order valence-corrected chi connectivity index (χ0v) is 34.2. The highest BCUT2D eigenvalue weighted by Gasteiger charge is 2.18. The quantitative estimate of drug-likeness (QED) is 0.0678. The third-order valence-electron chi connectivity index (χ3n) is 8.00. The molecule has 4 aromatic rings. The average Bonchev–Trinajstić information content (AvgIpc) is 2.99. The molecule has 0 aliphatic heterocycles. The van der Waals surface area contributed by atoms with E-state index >= 15 is 0 Å². The van der Waals surface area contributed by atoms with Crippen molar-refractivity contribution in [3.8, 4) is 0 Å². The second kappa shape index (κ2) is 21.1. The minimum Gasteiger partial charge on any atom is -0.325 e. The fraction of sp³-hybridized carbons (Fsp3) is 0.316. The topological polar surface area (TPSA) is 34.1 Å². The van der Waals surface area contributed by atoms with E-state index in [2.05, 4.69) is 52.5 Å². The van der Waals surface area contributed by atoms with Gasteiger partial charge in [0.15, 0.2) is 11.6 Å². The van der Waals surface area contributed by atoms with Gasteiger partial charge >= 0.3 is 0 Å². The number of benzene rings is 4. The highest BCUT2D eigenvalue weighted by molar-refractivity contribution is 8.93. The molecule has 0 spiro atoms. The maximum atomic E-state index is 12.7. The molecule has 0 bridgehead atoms. The van der Waals surface area contributed by atoms with Gasteiger partial charge in [-0.2, -0.15) is 0 Å². The first kappa shape index (κ1) is 44.1. The molecular formula is C38H50Br4N2O2+2. The van der Waals surface area contributed by atoms with Crippen LogP contribution in [0.25, 0.3) is 0 Å². The van der Waals surface area contributed by atoms with Crippen LogP contribution in [0.5, 0.6) is 0 Å². The Hall–Kier alpha value is -1.94. The van der Waals surface area contributed by atoms with Crippen molar-refractivity contribution >= 4 is 79.5 Å². The lowest BCUT2D eigenvalue weighted by Gasteiger charge is -2.31. The third-order valence-corrected chi connectivity index (χ3v) is 8.00. The highest BCUT2D eigenvalue weighted by atomic mass is 79.9. The van der Waals surface area contributed by atoms with Crippen molar-refractivity contribution in [1.82, 2.24) is 0 Å². The first-order chi connectivity index (χ1) is 20.1. The van der Waals surface area contributed by atoms with Crippen LogP contribution in [0.1, 0.15) is 68.7 Å². The van der Waals surface area contributed by atoms with E-state index in [1.165, 1.54) is 36.8 Å². The number of ketones is 2. The Bertz CT molecular complexity index is 1330. The predicted molar refractivity (Wildman–Crippen MR) is 214 cm³/mol. The summed E-state index contributed by atoms with van der Waals surface area (Å²) in [4.78, 5) is 25.4. The summed E-state index contributed by atoms with van der Waals surface area (Å²) in [5, 5.41) is 0. The van der Waals surface area contributed by atoms with Gasteiger partial charge in [0.2, 0.25) is 0 Å². The molecule has 0 amide bonds. The molecule has 0 saturated carbocycles. The molecule has 0 aliphatic carbocycles. The maximum Gasteiger partial charge on any atom is 0.193 e. The number of carbonyl (C=O) groups is 2. The second-order valence-corrected chi connectivity index (χ2v) is 12.8. The summed E-state index contributed by atoms with van der Waals surface area (Å²) in [6, 6.07) is 35.2. The molecule has 0 unspecified atom stereocenters. The van der Waals surface area contributed by atoms with Gasteiger partial charge in [-0.05, 0) is 25.7 Å². The molecule has 0 atom stereocenters. The van der Waals surface area contributed by atoms with Crippen LogP contribution in [0.3, 0.4) is 0 Å². The Morgan fingerprint density at radius 1 is 0.413 bits per heavy atom. The van der Waals surface area contributed by atoms with E-state index in [1.807, 2.05) is 84.9 Å². The van der Waals surface area contributed by atoms with Gasteiger partial charge in [0.25, 0.3) is 0 Å². The van der Waals surface area contributed by atoms with Crippen molar-refractivity contribution in [2.45, 2.75) is 38.8 Å². The van der Waals surface area contributed by atoms with Crippen LogP contribution in [0.4, 0.5) is 0 Å². The van der Waals surface area contributed by atoms with E-state index in [-0.39, 0.29) is 79.5 Å². The molecule has 8 heteroatoms. The first-order valence-corrected chi connectivity index (χ1v) is 15.1. The van der Waals surface area contributed by atoms with Crippen LogP contribution in [-0.4, -0.2) is 61.8 Å². The van der Waals surface area contributed by atoms with Crippen LogP contribution >= 0.6 is 67.9 Å². The number of rotatable bonds is 15. The van der Waals surface area contributed by atoms with Crippen LogP contribution in [0.15, 0.2) is 109 Å². The normalized spacial score (nSPS) is 10.8. The van der Waals surface area contributed by atoms with Crippen LogP contribution in [0, 0.1) is 0 Å². The smallest absolute Gasteiger partial charge is 0.193 e. The van der Waals surface area contributed by atoms with Gasteiger partial charge < -0.3 is 8.97 Å². The summed E-state index contributed by atoms with van der Waals surface area (Å²) in [5.74, 6) is 0.150. The van der Waals surface area contributed by atoms with Crippen molar-refractivity contribution in [2.24, 2.45) is 0 Å². The lowest BCUT2D eigenvalue weighted by Crippen LogP contribution is -2.40. The molecule has 4 rings (SSSR count). The molecule has 46 heavy (non-hydrogen) atoms. The molecular weight excluding hydrogens is 836 g/mol. The number of unbranched alkanes of at least 4 members (excludes halogenated alkanes) is 3.